The molecule has 0 amide bonds. The van der Waals surface area contributed by atoms with Gasteiger partial charge in [0.15, 0.2) is 0 Å². The molecule has 1 rings (SSSR count). The second-order valence-electron chi connectivity index (χ2n) is 9.72. The molecule has 4 heteroatoms. The summed E-state index contributed by atoms with van der Waals surface area (Å²) in [6.07, 6.45) is 23.7. The van der Waals surface area contributed by atoms with Crippen LogP contribution in [0.4, 0.5) is 0 Å². The zero-order chi connectivity index (χ0) is 24.2. The monoisotopic (exact) mass is 478 g/mol. The van der Waals surface area contributed by atoms with E-state index < -0.39 is 0 Å². The number of esters is 1. The minimum absolute atomic E-state index is 0.184. The Bertz CT molecular complexity index is 606. The summed E-state index contributed by atoms with van der Waals surface area (Å²) in [6, 6.07) is 4.27. The molecule has 1 aromatic rings. The molecule has 190 valence electrons. The number of phenolic OH excluding ortho intramolecular Hbond substituents is 1. The molecule has 0 spiro atoms. The molecular formula is C29H50O3S. The third kappa shape index (κ3) is 16.2. The smallest absolute Gasteiger partial charge is 0.315 e. The molecule has 0 aliphatic heterocycles. The van der Waals surface area contributed by atoms with Crippen molar-refractivity contribution < 1.29 is 14.6 Å². The first-order valence-electron chi connectivity index (χ1n) is 13.6. The summed E-state index contributed by atoms with van der Waals surface area (Å²) in [5.41, 5.74) is 3.37. The fourth-order valence-corrected chi connectivity index (χ4v) is 4.60. The molecule has 0 atom stereocenters. The number of thiol groups is 1. The summed E-state index contributed by atoms with van der Waals surface area (Å²) in [5, 5.41) is 9.87. The summed E-state index contributed by atoms with van der Waals surface area (Å²) in [4.78, 5) is 11.0. The van der Waals surface area contributed by atoms with E-state index in [4.69, 9.17) is 4.74 Å². The Balaban J connectivity index is 1.77. The average molecular weight is 479 g/mol. The third-order valence-electron chi connectivity index (χ3n) is 6.55. The predicted molar refractivity (Wildman–Crippen MR) is 145 cm³/mol. The van der Waals surface area contributed by atoms with E-state index in [1.165, 1.54) is 102 Å². The van der Waals surface area contributed by atoms with E-state index in [2.05, 4.69) is 24.8 Å². The number of ether oxygens (including phenoxy) is 1. The van der Waals surface area contributed by atoms with Crippen molar-refractivity contribution in [1.29, 1.82) is 0 Å². The Hall–Kier alpha value is -1.16. The van der Waals surface area contributed by atoms with Crippen molar-refractivity contribution in [3.8, 4) is 5.75 Å². The molecule has 0 aromatic heterocycles. The molecule has 0 aliphatic carbocycles. The number of benzene rings is 1. The van der Waals surface area contributed by atoms with Gasteiger partial charge in [0.2, 0.25) is 0 Å². The van der Waals surface area contributed by atoms with Gasteiger partial charge < -0.3 is 9.84 Å². The average Bonchev–Trinajstić information content (AvgIpc) is 2.80. The Labute approximate surface area is 209 Å². The molecule has 33 heavy (non-hydrogen) atoms. The van der Waals surface area contributed by atoms with Crippen LogP contribution in [0.5, 0.6) is 5.75 Å². The Kier molecular flexibility index (Phi) is 18.3. The Morgan fingerprint density at radius 3 is 1.45 bits per heavy atom. The Morgan fingerprint density at radius 1 is 0.697 bits per heavy atom. The molecule has 0 fully saturated rings. The largest absolute Gasteiger partial charge is 0.507 e. The van der Waals surface area contributed by atoms with Crippen LogP contribution < -0.4 is 0 Å². The van der Waals surface area contributed by atoms with Crippen molar-refractivity contribution in [3.05, 3.63) is 28.8 Å². The van der Waals surface area contributed by atoms with Gasteiger partial charge in [0.05, 0.1) is 12.4 Å². The number of aromatic hydroxyl groups is 1. The molecule has 0 bridgehead atoms. The Morgan fingerprint density at radius 2 is 1.06 bits per heavy atom. The van der Waals surface area contributed by atoms with Gasteiger partial charge in [0, 0.05) is 0 Å². The highest BCUT2D eigenvalue weighted by molar-refractivity contribution is 7.81. The van der Waals surface area contributed by atoms with Crippen LogP contribution in [0.3, 0.4) is 0 Å². The molecular weight excluding hydrogens is 428 g/mol. The molecule has 0 heterocycles. The second kappa shape index (κ2) is 20.2. The number of rotatable bonds is 21. The van der Waals surface area contributed by atoms with E-state index in [1.54, 1.807) is 0 Å². The first-order valence-corrected chi connectivity index (χ1v) is 14.2. The predicted octanol–water partition coefficient (Wildman–Crippen LogP) is 8.66. The highest BCUT2D eigenvalue weighted by Crippen LogP contribution is 2.24. The SMILES string of the molecule is Cc1cc(CCCCCCCCCCCCCCCCCCCOC(=O)CS)cc(C)c1O. The highest BCUT2D eigenvalue weighted by Gasteiger charge is 2.03. The zero-order valence-electron chi connectivity index (χ0n) is 21.5. The van der Waals surface area contributed by atoms with E-state index >= 15 is 0 Å². The van der Waals surface area contributed by atoms with Crippen LogP contribution in [-0.4, -0.2) is 23.4 Å². The topological polar surface area (TPSA) is 46.5 Å². The van der Waals surface area contributed by atoms with Crippen molar-refractivity contribution in [1.82, 2.24) is 0 Å². The number of hydrogen-bond acceptors (Lipinski definition) is 4. The molecule has 0 aliphatic rings. The first kappa shape index (κ1) is 29.9. The lowest BCUT2D eigenvalue weighted by molar-refractivity contribution is -0.140. The van der Waals surface area contributed by atoms with Crippen molar-refractivity contribution >= 4 is 18.6 Å². The van der Waals surface area contributed by atoms with Gasteiger partial charge in [-0.05, 0) is 49.8 Å². The standard InChI is InChI=1S/C29H50O3S/c1-25-22-27(23-26(2)29(25)31)20-18-16-14-12-10-8-6-4-3-5-7-9-11-13-15-17-19-21-32-28(30)24-33/h22-23,31,33H,3-21,24H2,1-2H3. The normalized spacial score (nSPS) is 11.1. The third-order valence-corrected chi connectivity index (χ3v) is 6.81. The number of hydrogen-bond donors (Lipinski definition) is 2. The van der Waals surface area contributed by atoms with E-state index in [1.807, 2.05) is 13.8 Å². The van der Waals surface area contributed by atoms with E-state index in [0.29, 0.717) is 12.4 Å². The molecule has 1 N–H and O–H groups in total. The van der Waals surface area contributed by atoms with E-state index in [9.17, 15) is 9.90 Å². The number of carbonyl (C=O) groups excluding carboxylic acids is 1. The first-order chi connectivity index (χ1) is 16.0. The lowest BCUT2D eigenvalue weighted by atomic mass is 10.00. The lowest BCUT2D eigenvalue weighted by Gasteiger charge is -2.08. The number of unbranched alkanes of at least 4 members (excludes halogenated alkanes) is 16. The lowest BCUT2D eigenvalue weighted by Crippen LogP contribution is -2.06. The van der Waals surface area contributed by atoms with Crippen LogP contribution in [0, 0.1) is 13.8 Å². The van der Waals surface area contributed by atoms with Crippen molar-refractivity contribution in [3.63, 3.8) is 0 Å². The summed E-state index contributed by atoms with van der Waals surface area (Å²) >= 11 is 3.89. The van der Waals surface area contributed by atoms with Crippen LogP contribution in [0.15, 0.2) is 12.1 Å². The van der Waals surface area contributed by atoms with Crippen molar-refractivity contribution in [2.75, 3.05) is 12.4 Å². The van der Waals surface area contributed by atoms with Crippen LogP contribution in [-0.2, 0) is 16.0 Å². The zero-order valence-corrected chi connectivity index (χ0v) is 22.4. The van der Waals surface area contributed by atoms with Gasteiger partial charge in [-0.3, -0.25) is 4.79 Å². The van der Waals surface area contributed by atoms with Gasteiger partial charge in [0.1, 0.15) is 5.75 Å². The molecule has 0 saturated heterocycles. The molecule has 1 aromatic carbocycles. The molecule has 0 unspecified atom stereocenters. The summed E-state index contributed by atoms with van der Waals surface area (Å²) in [5.74, 6) is 0.429. The summed E-state index contributed by atoms with van der Waals surface area (Å²) < 4.78 is 5.02. The number of carbonyl (C=O) groups is 1. The fraction of sp³-hybridized carbons (Fsp3) is 0.759. The highest BCUT2D eigenvalue weighted by atomic mass is 32.1. The van der Waals surface area contributed by atoms with Gasteiger partial charge in [-0.2, -0.15) is 12.6 Å². The van der Waals surface area contributed by atoms with Gasteiger partial charge in [-0.25, -0.2) is 0 Å². The van der Waals surface area contributed by atoms with Gasteiger partial charge in [-0.1, -0.05) is 108 Å². The van der Waals surface area contributed by atoms with Gasteiger partial charge in [-0.15, -0.1) is 0 Å². The minimum atomic E-state index is -0.207. The summed E-state index contributed by atoms with van der Waals surface area (Å²) in [6.45, 7) is 4.54. The van der Waals surface area contributed by atoms with Gasteiger partial charge in [0.25, 0.3) is 0 Å². The van der Waals surface area contributed by atoms with Crippen molar-refractivity contribution in [2.24, 2.45) is 0 Å². The maximum Gasteiger partial charge on any atom is 0.315 e. The number of aryl methyl sites for hydroxylation is 3. The second-order valence-corrected chi connectivity index (χ2v) is 10.0. The van der Waals surface area contributed by atoms with Crippen LogP contribution in [0.1, 0.15) is 126 Å². The summed E-state index contributed by atoms with van der Waals surface area (Å²) in [7, 11) is 0. The van der Waals surface area contributed by atoms with Crippen molar-refractivity contribution in [2.45, 2.75) is 129 Å². The molecule has 3 nitrogen and oxygen atoms in total. The van der Waals surface area contributed by atoms with Crippen LogP contribution >= 0.6 is 12.6 Å². The maximum atomic E-state index is 11.0. The maximum absolute atomic E-state index is 11.0. The quantitative estimate of drug-likeness (QED) is 0.106. The minimum Gasteiger partial charge on any atom is -0.507 e. The fourth-order valence-electron chi connectivity index (χ4n) is 4.50. The van der Waals surface area contributed by atoms with Gasteiger partial charge >= 0.3 is 5.97 Å². The molecule has 0 saturated carbocycles. The van der Waals surface area contributed by atoms with Crippen LogP contribution in [0.2, 0.25) is 0 Å². The number of phenols is 1. The van der Waals surface area contributed by atoms with E-state index in [0.717, 1.165) is 30.4 Å². The molecule has 0 radical (unpaired) electrons. The van der Waals surface area contributed by atoms with E-state index in [-0.39, 0.29) is 11.7 Å². The van der Waals surface area contributed by atoms with Crippen LogP contribution in [0.25, 0.3) is 0 Å².